The summed E-state index contributed by atoms with van der Waals surface area (Å²) < 4.78 is 0.757. The van der Waals surface area contributed by atoms with Gasteiger partial charge in [0.05, 0.1) is 10.6 Å². The van der Waals surface area contributed by atoms with Crippen LogP contribution in [0.3, 0.4) is 0 Å². The maximum atomic E-state index is 12.2. The van der Waals surface area contributed by atoms with Crippen LogP contribution in [0.1, 0.15) is 36.0 Å². The fraction of sp³-hybridized carbons (Fsp3) is 0.500. The second-order valence-electron chi connectivity index (χ2n) is 4.78. The van der Waals surface area contributed by atoms with Crippen molar-refractivity contribution >= 4 is 45.2 Å². The second-order valence-corrected chi connectivity index (χ2v) is 7.15. The van der Waals surface area contributed by atoms with Crippen molar-refractivity contribution in [1.82, 2.24) is 5.32 Å². The highest BCUT2D eigenvalue weighted by atomic mass is 79.9. The van der Waals surface area contributed by atoms with E-state index in [1.165, 1.54) is 12.8 Å². The van der Waals surface area contributed by atoms with Crippen molar-refractivity contribution in [2.45, 2.75) is 37.0 Å². The predicted molar refractivity (Wildman–Crippen MR) is 86.2 cm³/mol. The zero-order chi connectivity index (χ0) is 13.8. The number of carbonyl (C=O) groups excluding carboxylic acids is 1. The maximum Gasteiger partial charge on any atom is 0.253 e. The first-order valence-electron chi connectivity index (χ1n) is 6.39. The largest absolute Gasteiger partial charge is 0.349 e. The van der Waals surface area contributed by atoms with E-state index in [9.17, 15) is 4.79 Å². The van der Waals surface area contributed by atoms with Crippen molar-refractivity contribution in [1.29, 1.82) is 0 Å². The van der Waals surface area contributed by atoms with E-state index in [4.69, 9.17) is 11.6 Å². The van der Waals surface area contributed by atoms with Gasteiger partial charge in [0.1, 0.15) is 0 Å². The molecule has 0 radical (unpaired) electrons. The third kappa shape index (κ3) is 3.89. The molecule has 19 heavy (non-hydrogen) atoms. The Bertz CT molecular complexity index is 461. The van der Waals surface area contributed by atoms with Crippen molar-refractivity contribution in [2.24, 2.45) is 0 Å². The van der Waals surface area contributed by atoms with Crippen LogP contribution in [0, 0.1) is 0 Å². The molecule has 0 atom stereocenters. The van der Waals surface area contributed by atoms with Gasteiger partial charge in [0.15, 0.2) is 0 Å². The molecule has 5 heteroatoms. The van der Waals surface area contributed by atoms with Gasteiger partial charge in [-0.1, -0.05) is 17.7 Å². The quantitative estimate of drug-likeness (QED) is 0.857. The average Bonchev–Trinajstić information content (AvgIpc) is 2.42. The van der Waals surface area contributed by atoms with Crippen LogP contribution in [0.2, 0.25) is 5.02 Å². The summed E-state index contributed by atoms with van der Waals surface area (Å²) in [6.45, 7) is 0. The van der Waals surface area contributed by atoms with Gasteiger partial charge >= 0.3 is 0 Å². The molecule has 0 aromatic heterocycles. The number of thioether (sulfide) groups is 1. The summed E-state index contributed by atoms with van der Waals surface area (Å²) in [5.41, 5.74) is 0.544. The molecule has 0 bridgehead atoms. The van der Waals surface area contributed by atoms with Crippen LogP contribution in [0.25, 0.3) is 0 Å². The summed E-state index contributed by atoms with van der Waals surface area (Å²) in [7, 11) is 0. The van der Waals surface area contributed by atoms with Gasteiger partial charge in [-0.15, -0.1) is 0 Å². The van der Waals surface area contributed by atoms with Crippen LogP contribution in [0.15, 0.2) is 22.7 Å². The van der Waals surface area contributed by atoms with Crippen molar-refractivity contribution < 1.29 is 4.79 Å². The first-order valence-corrected chi connectivity index (χ1v) is 8.85. The Hall–Kier alpha value is -0.190. The Balaban J connectivity index is 1.96. The molecule has 1 aliphatic rings. The Labute approximate surface area is 131 Å². The van der Waals surface area contributed by atoms with Crippen LogP contribution in [-0.2, 0) is 0 Å². The number of carbonyl (C=O) groups is 1. The van der Waals surface area contributed by atoms with Crippen LogP contribution in [0.4, 0.5) is 0 Å². The van der Waals surface area contributed by atoms with Gasteiger partial charge in [0.25, 0.3) is 5.91 Å². The molecule has 0 spiro atoms. The number of amides is 1. The van der Waals surface area contributed by atoms with E-state index in [1.807, 2.05) is 23.9 Å². The number of rotatable bonds is 3. The Morgan fingerprint density at radius 1 is 1.37 bits per heavy atom. The molecule has 2 nitrogen and oxygen atoms in total. The number of hydrogen-bond acceptors (Lipinski definition) is 2. The van der Waals surface area contributed by atoms with E-state index in [2.05, 4.69) is 27.5 Å². The highest BCUT2D eigenvalue weighted by Gasteiger charge is 2.23. The third-order valence-electron chi connectivity index (χ3n) is 3.54. The van der Waals surface area contributed by atoms with Gasteiger partial charge in [0, 0.05) is 15.8 Å². The van der Waals surface area contributed by atoms with Crippen molar-refractivity contribution in [2.75, 3.05) is 6.26 Å². The smallest absolute Gasteiger partial charge is 0.253 e. The van der Waals surface area contributed by atoms with E-state index >= 15 is 0 Å². The first-order chi connectivity index (χ1) is 9.11. The topological polar surface area (TPSA) is 29.1 Å². The van der Waals surface area contributed by atoms with E-state index in [0.29, 0.717) is 10.6 Å². The second kappa shape index (κ2) is 7.00. The maximum absolute atomic E-state index is 12.2. The molecule has 1 aromatic rings. The number of halogens is 2. The summed E-state index contributed by atoms with van der Waals surface area (Å²) in [6.07, 6.45) is 6.63. The summed E-state index contributed by atoms with van der Waals surface area (Å²) in [5.74, 6) is -0.0705. The SMILES string of the molecule is CSC1CCC(NC(=O)c2cccc(Br)c2Cl)CC1. The zero-order valence-electron chi connectivity index (χ0n) is 10.8. The van der Waals surface area contributed by atoms with Crippen LogP contribution in [-0.4, -0.2) is 23.5 Å². The number of hydrogen-bond donors (Lipinski definition) is 1. The van der Waals surface area contributed by atoms with Crippen molar-refractivity contribution in [3.05, 3.63) is 33.3 Å². The summed E-state index contributed by atoms with van der Waals surface area (Å²) >= 11 is 11.4. The molecule has 1 fully saturated rings. The fourth-order valence-corrected chi connectivity index (χ4v) is 3.71. The molecule has 0 saturated heterocycles. The minimum atomic E-state index is -0.0705. The predicted octanol–water partition coefficient (Wildman–Crippen LogP) is 4.51. The monoisotopic (exact) mass is 361 g/mol. The minimum Gasteiger partial charge on any atom is -0.349 e. The lowest BCUT2D eigenvalue weighted by Gasteiger charge is -2.28. The molecule has 0 heterocycles. The average molecular weight is 363 g/mol. The Morgan fingerprint density at radius 3 is 2.68 bits per heavy atom. The molecule has 2 rings (SSSR count). The molecule has 1 N–H and O–H groups in total. The zero-order valence-corrected chi connectivity index (χ0v) is 13.9. The molecule has 104 valence electrons. The Kier molecular flexibility index (Phi) is 5.60. The van der Waals surface area contributed by atoms with Crippen LogP contribution < -0.4 is 5.32 Å². The molecule has 1 aromatic carbocycles. The van der Waals surface area contributed by atoms with Gasteiger partial charge in [-0.05, 0) is 60.0 Å². The van der Waals surface area contributed by atoms with Gasteiger partial charge in [-0.25, -0.2) is 0 Å². The lowest BCUT2D eigenvalue weighted by atomic mass is 9.94. The number of nitrogens with one attached hydrogen (secondary N) is 1. The minimum absolute atomic E-state index is 0.0705. The fourth-order valence-electron chi connectivity index (χ4n) is 2.39. The highest BCUT2D eigenvalue weighted by molar-refractivity contribution is 9.10. The van der Waals surface area contributed by atoms with Crippen LogP contribution in [0.5, 0.6) is 0 Å². The van der Waals surface area contributed by atoms with E-state index in [-0.39, 0.29) is 11.9 Å². The van der Waals surface area contributed by atoms with Crippen LogP contribution >= 0.6 is 39.3 Å². The molecule has 1 amide bonds. The lowest BCUT2D eigenvalue weighted by molar-refractivity contribution is 0.0928. The normalized spacial score (nSPS) is 23.1. The van der Waals surface area contributed by atoms with Gasteiger partial charge in [-0.3, -0.25) is 4.79 Å². The molecular weight excluding hydrogens is 346 g/mol. The standard InChI is InChI=1S/C14H17BrClNOS/c1-19-10-7-5-9(6-8-10)17-14(18)11-3-2-4-12(15)13(11)16/h2-4,9-10H,5-8H2,1H3,(H,17,18). The summed E-state index contributed by atoms with van der Waals surface area (Å²) in [5, 5.41) is 4.33. The van der Waals surface area contributed by atoms with E-state index in [0.717, 1.165) is 22.6 Å². The first kappa shape index (κ1) is 15.2. The lowest BCUT2D eigenvalue weighted by Crippen LogP contribution is -2.38. The number of benzene rings is 1. The summed E-state index contributed by atoms with van der Waals surface area (Å²) in [4.78, 5) is 12.2. The molecule has 0 unspecified atom stereocenters. The van der Waals surface area contributed by atoms with Gasteiger partial charge in [-0.2, -0.15) is 11.8 Å². The molecule has 0 aliphatic heterocycles. The van der Waals surface area contributed by atoms with Crippen molar-refractivity contribution in [3.63, 3.8) is 0 Å². The third-order valence-corrected chi connectivity index (χ3v) is 5.97. The van der Waals surface area contributed by atoms with E-state index in [1.54, 1.807) is 6.07 Å². The van der Waals surface area contributed by atoms with Gasteiger partial charge < -0.3 is 5.32 Å². The Morgan fingerprint density at radius 2 is 2.05 bits per heavy atom. The van der Waals surface area contributed by atoms with Gasteiger partial charge in [0.2, 0.25) is 0 Å². The highest BCUT2D eigenvalue weighted by Crippen LogP contribution is 2.28. The molecule has 1 saturated carbocycles. The van der Waals surface area contributed by atoms with E-state index < -0.39 is 0 Å². The molecular formula is C14H17BrClNOS. The van der Waals surface area contributed by atoms with Crippen molar-refractivity contribution in [3.8, 4) is 0 Å². The molecule has 1 aliphatic carbocycles. The summed E-state index contributed by atoms with van der Waals surface area (Å²) in [6, 6.07) is 5.71.